The highest BCUT2D eigenvalue weighted by atomic mass is 35.5. The van der Waals surface area contributed by atoms with Crippen LogP contribution in [-0.4, -0.2) is 35.3 Å². The second kappa shape index (κ2) is 7.94. The van der Waals surface area contributed by atoms with Crippen LogP contribution in [0, 0.1) is 6.92 Å². The molecule has 1 aliphatic heterocycles. The Kier molecular flexibility index (Phi) is 5.96. The average molecular weight is 333 g/mol. The van der Waals surface area contributed by atoms with E-state index in [4.69, 9.17) is 0 Å². The number of para-hydroxylation sites is 1. The van der Waals surface area contributed by atoms with E-state index in [0.717, 1.165) is 30.9 Å². The predicted molar refractivity (Wildman–Crippen MR) is 93.5 cm³/mol. The Labute approximate surface area is 142 Å². The van der Waals surface area contributed by atoms with Gasteiger partial charge in [-0.15, -0.1) is 12.4 Å². The van der Waals surface area contributed by atoms with Gasteiger partial charge in [0, 0.05) is 19.3 Å². The van der Waals surface area contributed by atoms with Crippen LogP contribution >= 0.6 is 12.4 Å². The van der Waals surface area contributed by atoms with E-state index < -0.39 is 0 Å². The van der Waals surface area contributed by atoms with Gasteiger partial charge in [0.15, 0.2) is 0 Å². The summed E-state index contributed by atoms with van der Waals surface area (Å²) in [7, 11) is 0. The number of carbonyl (C=O) groups excluding carboxylic acids is 1. The second-order valence-electron chi connectivity index (χ2n) is 5.41. The van der Waals surface area contributed by atoms with E-state index in [1.54, 1.807) is 10.9 Å². The van der Waals surface area contributed by atoms with Crippen molar-refractivity contribution in [2.75, 3.05) is 19.6 Å². The summed E-state index contributed by atoms with van der Waals surface area (Å²) in [6, 6.07) is 9.80. The third-order valence-corrected chi connectivity index (χ3v) is 3.80. The summed E-state index contributed by atoms with van der Waals surface area (Å²) in [5.41, 5.74) is 3.59. The standard InChI is InChI=1S/C17H20N4O.ClH/c1-13-16(12-21(20-13)15-5-3-2-4-6-15)17(22)19-11-14-7-9-18-10-8-14;/h2-7,12,18H,8-11H2,1H3,(H,19,22);1H. The molecule has 0 aliphatic carbocycles. The van der Waals surface area contributed by atoms with E-state index in [1.807, 2.05) is 37.3 Å². The SMILES string of the molecule is Cc1nn(-c2ccccc2)cc1C(=O)NCC1=CCNCC1.Cl. The van der Waals surface area contributed by atoms with Crippen molar-refractivity contribution in [3.05, 3.63) is 59.4 Å². The Morgan fingerprint density at radius 1 is 1.35 bits per heavy atom. The molecule has 0 spiro atoms. The van der Waals surface area contributed by atoms with Crippen LogP contribution in [0.1, 0.15) is 22.5 Å². The van der Waals surface area contributed by atoms with Crippen molar-refractivity contribution in [1.29, 1.82) is 0 Å². The smallest absolute Gasteiger partial charge is 0.255 e. The number of aryl methyl sites for hydroxylation is 1. The lowest BCUT2D eigenvalue weighted by Crippen LogP contribution is -2.29. The lowest BCUT2D eigenvalue weighted by Gasteiger charge is -2.14. The van der Waals surface area contributed by atoms with Crippen LogP contribution < -0.4 is 10.6 Å². The predicted octanol–water partition coefficient (Wildman–Crippen LogP) is 2.25. The van der Waals surface area contributed by atoms with Gasteiger partial charge in [0.1, 0.15) is 0 Å². The Morgan fingerprint density at radius 3 is 2.83 bits per heavy atom. The van der Waals surface area contributed by atoms with Crippen LogP contribution in [0.5, 0.6) is 0 Å². The molecule has 0 fully saturated rings. The van der Waals surface area contributed by atoms with Gasteiger partial charge in [-0.05, 0) is 32.0 Å². The maximum Gasteiger partial charge on any atom is 0.255 e. The first-order chi connectivity index (χ1) is 10.7. The van der Waals surface area contributed by atoms with Gasteiger partial charge >= 0.3 is 0 Å². The largest absolute Gasteiger partial charge is 0.348 e. The molecule has 1 aliphatic rings. The molecule has 23 heavy (non-hydrogen) atoms. The summed E-state index contributed by atoms with van der Waals surface area (Å²) in [5.74, 6) is -0.0703. The molecule has 2 aromatic rings. The quantitative estimate of drug-likeness (QED) is 0.844. The zero-order valence-corrected chi connectivity index (χ0v) is 13.9. The van der Waals surface area contributed by atoms with Crippen molar-refractivity contribution in [2.45, 2.75) is 13.3 Å². The summed E-state index contributed by atoms with van der Waals surface area (Å²) in [5, 5.41) is 10.7. The van der Waals surface area contributed by atoms with Crippen LogP contribution in [0.2, 0.25) is 0 Å². The third-order valence-electron chi connectivity index (χ3n) is 3.80. The van der Waals surface area contributed by atoms with Crippen LogP contribution in [0.3, 0.4) is 0 Å². The number of benzene rings is 1. The summed E-state index contributed by atoms with van der Waals surface area (Å²) >= 11 is 0. The molecule has 1 aromatic heterocycles. The molecule has 0 saturated heterocycles. The van der Waals surface area contributed by atoms with Gasteiger partial charge in [-0.25, -0.2) is 4.68 Å². The van der Waals surface area contributed by atoms with Gasteiger partial charge in [0.25, 0.3) is 5.91 Å². The van der Waals surface area contributed by atoms with E-state index >= 15 is 0 Å². The number of amides is 1. The first-order valence-electron chi connectivity index (χ1n) is 7.52. The molecule has 0 atom stereocenters. The van der Waals surface area contributed by atoms with Gasteiger partial charge in [0.2, 0.25) is 0 Å². The summed E-state index contributed by atoms with van der Waals surface area (Å²) in [6.45, 7) is 4.33. The van der Waals surface area contributed by atoms with E-state index in [0.29, 0.717) is 12.1 Å². The number of halogens is 1. The molecule has 122 valence electrons. The molecule has 0 radical (unpaired) electrons. The second-order valence-corrected chi connectivity index (χ2v) is 5.41. The zero-order chi connectivity index (χ0) is 15.4. The Bertz CT molecular complexity index is 694. The highest BCUT2D eigenvalue weighted by Gasteiger charge is 2.14. The molecule has 2 heterocycles. The fourth-order valence-corrected chi connectivity index (χ4v) is 2.52. The normalized spacial score (nSPS) is 13.9. The summed E-state index contributed by atoms with van der Waals surface area (Å²) in [4.78, 5) is 12.3. The average Bonchev–Trinajstić information content (AvgIpc) is 2.96. The minimum absolute atomic E-state index is 0. The van der Waals surface area contributed by atoms with Crippen LogP contribution in [0.15, 0.2) is 48.2 Å². The lowest BCUT2D eigenvalue weighted by molar-refractivity contribution is 0.0956. The third kappa shape index (κ3) is 4.21. The van der Waals surface area contributed by atoms with Gasteiger partial charge < -0.3 is 10.6 Å². The lowest BCUT2D eigenvalue weighted by atomic mass is 10.1. The van der Waals surface area contributed by atoms with Crippen molar-refractivity contribution in [2.24, 2.45) is 0 Å². The van der Waals surface area contributed by atoms with Crippen molar-refractivity contribution in [3.8, 4) is 5.69 Å². The molecule has 1 aromatic carbocycles. The highest BCUT2D eigenvalue weighted by Crippen LogP contribution is 2.12. The first-order valence-corrected chi connectivity index (χ1v) is 7.52. The first kappa shape index (κ1) is 17.2. The monoisotopic (exact) mass is 332 g/mol. The molecule has 1 amide bonds. The van der Waals surface area contributed by atoms with E-state index in [2.05, 4.69) is 21.8 Å². The number of nitrogens with zero attached hydrogens (tertiary/aromatic N) is 2. The van der Waals surface area contributed by atoms with Gasteiger partial charge in [-0.2, -0.15) is 5.10 Å². The summed E-state index contributed by atoms with van der Waals surface area (Å²) < 4.78 is 1.74. The van der Waals surface area contributed by atoms with Crippen molar-refractivity contribution < 1.29 is 4.79 Å². The highest BCUT2D eigenvalue weighted by molar-refractivity contribution is 5.95. The van der Waals surface area contributed by atoms with Crippen molar-refractivity contribution >= 4 is 18.3 Å². The zero-order valence-electron chi connectivity index (χ0n) is 13.1. The topological polar surface area (TPSA) is 59.0 Å². The van der Waals surface area contributed by atoms with Gasteiger partial charge in [0.05, 0.1) is 16.9 Å². The fraction of sp³-hybridized carbons (Fsp3) is 0.294. The molecule has 0 bridgehead atoms. The molecule has 0 unspecified atom stereocenters. The minimum atomic E-state index is -0.0703. The van der Waals surface area contributed by atoms with E-state index in [9.17, 15) is 4.79 Å². The summed E-state index contributed by atoms with van der Waals surface area (Å²) in [6.07, 6.45) is 4.92. The van der Waals surface area contributed by atoms with E-state index in [-0.39, 0.29) is 18.3 Å². The molecular formula is C17H21ClN4O. The van der Waals surface area contributed by atoms with Crippen LogP contribution in [-0.2, 0) is 0 Å². The number of nitrogens with one attached hydrogen (secondary N) is 2. The Balaban J connectivity index is 0.00000192. The Morgan fingerprint density at radius 2 is 2.13 bits per heavy atom. The number of hydrogen-bond donors (Lipinski definition) is 2. The molecular weight excluding hydrogens is 312 g/mol. The molecule has 2 N–H and O–H groups in total. The van der Waals surface area contributed by atoms with Crippen molar-refractivity contribution in [3.63, 3.8) is 0 Å². The maximum absolute atomic E-state index is 12.3. The van der Waals surface area contributed by atoms with E-state index in [1.165, 1.54) is 5.57 Å². The molecule has 3 rings (SSSR count). The van der Waals surface area contributed by atoms with Gasteiger partial charge in [-0.3, -0.25) is 4.79 Å². The van der Waals surface area contributed by atoms with Crippen LogP contribution in [0.25, 0.3) is 5.69 Å². The number of carbonyl (C=O) groups is 1. The van der Waals surface area contributed by atoms with Gasteiger partial charge in [-0.1, -0.05) is 29.8 Å². The molecule has 0 saturated carbocycles. The minimum Gasteiger partial charge on any atom is -0.348 e. The number of hydrogen-bond acceptors (Lipinski definition) is 3. The number of rotatable bonds is 4. The maximum atomic E-state index is 12.3. The van der Waals surface area contributed by atoms with Crippen LogP contribution in [0.4, 0.5) is 0 Å². The fourth-order valence-electron chi connectivity index (χ4n) is 2.52. The molecule has 5 nitrogen and oxygen atoms in total. The molecule has 6 heteroatoms. The number of aromatic nitrogens is 2. The van der Waals surface area contributed by atoms with Crippen molar-refractivity contribution in [1.82, 2.24) is 20.4 Å². The Hall–Kier alpha value is -2.11.